The van der Waals surface area contributed by atoms with E-state index in [1.807, 2.05) is 0 Å². The van der Waals surface area contributed by atoms with Crippen LogP contribution >= 0.6 is 11.6 Å². The number of ether oxygens (including phenoxy) is 1. The standard InChI is InChI=1S/C14H19ClN2O2/c15-13-9-11(1-2-12(13)14(16)18)19-8-5-10-3-6-17-7-4-10/h1-2,9-10,17H,3-8H2,(H2,16,18). The van der Waals surface area contributed by atoms with Gasteiger partial charge in [0.25, 0.3) is 0 Å². The van der Waals surface area contributed by atoms with Crippen LogP contribution in [0.1, 0.15) is 29.6 Å². The normalized spacial score (nSPS) is 16.3. The van der Waals surface area contributed by atoms with E-state index in [1.165, 1.54) is 12.8 Å². The summed E-state index contributed by atoms with van der Waals surface area (Å²) in [6.45, 7) is 2.88. The average Bonchev–Trinajstić information content (AvgIpc) is 2.39. The van der Waals surface area contributed by atoms with Crippen LogP contribution in [0, 0.1) is 5.92 Å². The first-order valence-electron chi connectivity index (χ1n) is 6.59. The summed E-state index contributed by atoms with van der Waals surface area (Å²) in [6, 6.07) is 4.98. The second kappa shape index (κ2) is 6.78. The van der Waals surface area contributed by atoms with Crippen LogP contribution in [-0.2, 0) is 0 Å². The Morgan fingerprint density at radius 1 is 1.42 bits per heavy atom. The van der Waals surface area contributed by atoms with Crippen molar-refractivity contribution in [2.24, 2.45) is 11.7 Å². The van der Waals surface area contributed by atoms with Crippen LogP contribution in [0.2, 0.25) is 5.02 Å². The van der Waals surface area contributed by atoms with Crippen LogP contribution in [0.3, 0.4) is 0 Å². The van der Waals surface area contributed by atoms with E-state index < -0.39 is 5.91 Å². The lowest BCUT2D eigenvalue weighted by Gasteiger charge is -2.22. The lowest BCUT2D eigenvalue weighted by atomic mass is 9.95. The second-order valence-corrected chi connectivity index (χ2v) is 5.24. The minimum absolute atomic E-state index is 0.326. The van der Waals surface area contributed by atoms with Gasteiger partial charge in [-0.25, -0.2) is 0 Å². The van der Waals surface area contributed by atoms with Gasteiger partial charge in [-0.15, -0.1) is 0 Å². The molecule has 1 aliphatic heterocycles. The molecule has 4 nitrogen and oxygen atoms in total. The van der Waals surface area contributed by atoms with Gasteiger partial charge in [-0.05, 0) is 56.5 Å². The molecule has 0 atom stereocenters. The fraction of sp³-hybridized carbons (Fsp3) is 0.500. The van der Waals surface area contributed by atoms with E-state index in [4.69, 9.17) is 22.1 Å². The van der Waals surface area contributed by atoms with Crippen LogP contribution in [0.5, 0.6) is 5.75 Å². The molecule has 0 aliphatic carbocycles. The second-order valence-electron chi connectivity index (χ2n) is 4.84. The van der Waals surface area contributed by atoms with Gasteiger partial charge in [0.2, 0.25) is 5.91 Å². The van der Waals surface area contributed by atoms with Gasteiger partial charge in [-0.2, -0.15) is 0 Å². The molecule has 1 aromatic rings. The summed E-state index contributed by atoms with van der Waals surface area (Å²) in [7, 11) is 0. The van der Waals surface area contributed by atoms with Crippen LogP contribution in [0.15, 0.2) is 18.2 Å². The summed E-state index contributed by atoms with van der Waals surface area (Å²) < 4.78 is 5.67. The molecule has 0 saturated carbocycles. The zero-order chi connectivity index (χ0) is 13.7. The molecule has 1 aliphatic rings. The number of carbonyl (C=O) groups excluding carboxylic acids is 1. The van der Waals surface area contributed by atoms with Crippen LogP contribution in [-0.4, -0.2) is 25.6 Å². The van der Waals surface area contributed by atoms with E-state index in [0.717, 1.165) is 25.4 Å². The highest BCUT2D eigenvalue weighted by molar-refractivity contribution is 6.33. The molecular weight excluding hydrogens is 264 g/mol. The van der Waals surface area contributed by atoms with E-state index >= 15 is 0 Å². The van der Waals surface area contributed by atoms with Gasteiger partial charge in [0.1, 0.15) is 5.75 Å². The number of nitrogens with one attached hydrogen (secondary N) is 1. The van der Waals surface area contributed by atoms with Gasteiger partial charge >= 0.3 is 0 Å². The molecule has 2 rings (SSSR count). The zero-order valence-electron chi connectivity index (χ0n) is 10.8. The van der Waals surface area contributed by atoms with Crippen LogP contribution in [0.25, 0.3) is 0 Å². The van der Waals surface area contributed by atoms with Crippen molar-refractivity contribution in [2.75, 3.05) is 19.7 Å². The number of benzene rings is 1. The lowest BCUT2D eigenvalue weighted by Crippen LogP contribution is -2.28. The van der Waals surface area contributed by atoms with Gasteiger partial charge in [0.05, 0.1) is 17.2 Å². The first kappa shape index (κ1) is 14.2. The Balaban J connectivity index is 1.82. The van der Waals surface area contributed by atoms with Crippen molar-refractivity contribution in [1.82, 2.24) is 5.32 Å². The van der Waals surface area contributed by atoms with Crippen molar-refractivity contribution in [3.05, 3.63) is 28.8 Å². The Hall–Kier alpha value is -1.26. The fourth-order valence-electron chi connectivity index (χ4n) is 2.30. The van der Waals surface area contributed by atoms with Gasteiger partial charge in [0.15, 0.2) is 0 Å². The summed E-state index contributed by atoms with van der Waals surface area (Å²) >= 11 is 5.96. The SMILES string of the molecule is NC(=O)c1ccc(OCCC2CCNCC2)cc1Cl. The summed E-state index contributed by atoms with van der Waals surface area (Å²) in [5.41, 5.74) is 5.52. The summed E-state index contributed by atoms with van der Waals surface area (Å²) in [6.07, 6.45) is 3.48. The molecule has 1 heterocycles. The highest BCUT2D eigenvalue weighted by Crippen LogP contribution is 2.23. The largest absolute Gasteiger partial charge is 0.494 e. The zero-order valence-corrected chi connectivity index (χ0v) is 11.6. The maximum atomic E-state index is 11.0. The summed E-state index contributed by atoms with van der Waals surface area (Å²) in [5.74, 6) is 0.900. The maximum Gasteiger partial charge on any atom is 0.250 e. The van der Waals surface area contributed by atoms with Crippen molar-refractivity contribution in [1.29, 1.82) is 0 Å². The number of rotatable bonds is 5. The Morgan fingerprint density at radius 2 is 2.16 bits per heavy atom. The number of amides is 1. The molecule has 0 unspecified atom stereocenters. The number of hydrogen-bond acceptors (Lipinski definition) is 3. The van der Waals surface area contributed by atoms with Gasteiger partial charge in [-0.3, -0.25) is 4.79 Å². The topological polar surface area (TPSA) is 64.4 Å². The van der Waals surface area contributed by atoms with Crippen LogP contribution in [0.4, 0.5) is 0 Å². The molecule has 3 N–H and O–H groups in total. The first-order chi connectivity index (χ1) is 9.16. The smallest absolute Gasteiger partial charge is 0.250 e. The third-order valence-corrected chi connectivity index (χ3v) is 3.77. The average molecular weight is 283 g/mol. The number of carbonyl (C=O) groups is 1. The quantitative estimate of drug-likeness (QED) is 0.870. The maximum absolute atomic E-state index is 11.0. The molecule has 1 amide bonds. The van der Waals surface area contributed by atoms with E-state index in [9.17, 15) is 4.79 Å². The monoisotopic (exact) mass is 282 g/mol. The summed E-state index contributed by atoms with van der Waals surface area (Å²) in [4.78, 5) is 11.0. The number of halogens is 1. The Morgan fingerprint density at radius 3 is 2.79 bits per heavy atom. The highest BCUT2D eigenvalue weighted by atomic mass is 35.5. The molecule has 0 radical (unpaired) electrons. The van der Waals surface area contributed by atoms with E-state index in [2.05, 4.69) is 5.32 Å². The molecule has 1 aromatic carbocycles. The van der Waals surface area contributed by atoms with Crippen molar-refractivity contribution in [2.45, 2.75) is 19.3 Å². The number of nitrogens with two attached hydrogens (primary N) is 1. The number of piperidine rings is 1. The third kappa shape index (κ3) is 4.11. The van der Waals surface area contributed by atoms with Gasteiger partial charge in [-0.1, -0.05) is 11.6 Å². The molecule has 0 spiro atoms. The summed E-state index contributed by atoms with van der Waals surface area (Å²) in [5, 5.41) is 3.68. The minimum atomic E-state index is -0.522. The Labute approximate surface area is 118 Å². The molecule has 19 heavy (non-hydrogen) atoms. The van der Waals surface area contributed by atoms with Crippen molar-refractivity contribution < 1.29 is 9.53 Å². The minimum Gasteiger partial charge on any atom is -0.494 e. The predicted octanol–water partition coefficient (Wildman–Crippen LogP) is 2.21. The van der Waals surface area contributed by atoms with Gasteiger partial charge in [0, 0.05) is 0 Å². The highest BCUT2D eigenvalue weighted by Gasteiger charge is 2.13. The number of primary amides is 1. The van der Waals surface area contributed by atoms with Crippen molar-refractivity contribution in [3.63, 3.8) is 0 Å². The first-order valence-corrected chi connectivity index (χ1v) is 6.97. The molecule has 5 heteroatoms. The van der Waals surface area contributed by atoms with E-state index in [1.54, 1.807) is 18.2 Å². The van der Waals surface area contributed by atoms with Crippen molar-refractivity contribution in [3.8, 4) is 5.75 Å². The van der Waals surface area contributed by atoms with E-state index in [0.29, 0.717) is 22.9 Å². The van der Waals surface area contributed by atoms with Crippen molar-refractivity contribution >= 4 is 17.5 Å². The molecule has 0 bridgehead atoms. The third-order valence-electron chi connectivity index (χ3n) is 3.46. The Kier molecular flexibility index (Phi) is 5.05. The van der Waals surface area contributed by atoms with Crippen LogP contribution < -0.4 is 15.8 Å². The fourth-order valence-corrected chi connectivity index (χ4v) is 2.56. The predicted molar refractivity (Wildman–Crippen MR) is 75.7 cm³/mol. The van der Waals surface area contributed by atoms with E-state index in [-0.39, 0.29) is 0 Å². The molecular formula is C14H19ClN2O2. The van der Waals surface area contributed by atoms with Gasteiger partial charge < -0.3 is 15.8 Å². The molecule has 1 fully saturated rings. The molecule has 1 saturated heterocycles. The lowest BCUT2D eigenvalue weighted by molar-refractivity contribution is 0.100. The number of hydrogen-bond donors (Lipinski definition) is 2. The molecule has 0 aromatic heterocycles. The molecule has 104 valence electrons. The Bertz CT molecular complexity index is 445.